The van der Waals surface area contributed by atoms with Crippen molar-refractivity contribution in [1.29, 1.82) is 0 Å². The second kappa shape index (κ2) is 4.60. The first-order chi connectivity index (χ1) is 7.93. The molecule has 1 rings (SSSR count). The summed E-state index contributed by atoms with van der Waals surface area (Å²) >= 11 is 0. The SMILES string of the molecule is CC(C)(C)c1cccc(CC(C)(C)C(F)(F)F)c1. The number of benzene rings is 1. The average Bonchev–Trinajstić information content (AvgIpc) is 2.14. The molecule has 0 N–H and O–H groups in total. The van der Waals surface area contributed by atoms with Gasteiger partial charge in [-0.15, -0.1) is 0 Å². The van der Waals surface area contributed by atoms with Gasteiger partial charge in [-0.2, -0.15) is 13.2 Å². The van der Waals surface area contributed by atoms with Gasteiger partial charge in [-0.25, -0.2) is 0 Å². The Morgan fingerprint density at radius 1 is 0.944 bits per heavy atom. The van der Waals surface area contributed by atoms with E-state index in [-0.39, 0.29) is 11.8 Å². The molecule has 0 amide bonds. The highest BCUT2D eigenvalue weighted by atomic mass is 19.4. The minimum Gasteiger partial charge on any atom is -0.171 e. The van der Waals surface area contributed by atoms with E-state index in [1.54, 1.807) is 6.07 Å². The molecule has 1 aromatic rings. The van der Waals surface area contributed by atoms with Gasteiger partial charge in [0, 0.05) is 0 Å². The summed E-state index contributed by atoms with van der Waals surface area (Å²) in [4.78, 5) is 0. The van der Waals surface area contributed by atoms with Crippen molar-refractivity contribution in [3.63, 3.8) is 0 Å². The molecular formula is C15H21F3. The molecule has 0 aliphatic heterocycles. The van der Waals surface area contributed by atoms with Crippen LogP contribution in [0.15, 0.2) is 24.3 Å². The molecule has 0 atom stereocenters. The predicted molar refractivity (Wildman–Crippen MR) is 68.7 cm³/mol. The normalized spacial score (nSPS) is 13.8. The predicted octanol–water partition coefficient (Wildman–Crippen LogP) is 5.12. The highest BCUT2D eigenvalue weighted by molar-refractivity contribution is 5.29. The largest absolute Gasteiger partial charge is 0.394 e. The van der Waals surface area contributed by atoms with Crippen LogP contribution in [0, 0.1) is 5.41 Å². The molecule has 0 unspecified atom stereocenters. The lowest BCUT2D eigenvalue weighted by Crippen LogP contribution is -2.34. The number of hydrogen-bond acceptors (Lipinski definition) is 0. The summed E-state index contributed by atoms with van der Waals surface area (Å²) in [6, 6.07) is 7.45. The Labute approximate surface area is 107 Å². The molecule has 0 saturated heterocycles. The summed E-state index contributed by atoms with van der Waals surface area (Å²) in [5, 5.41) is 0. The first kappa shape index (κ1) is 15.1. The molecule has 0 radical (unpaired) electrons. The Morgan fingerprint density at radius 2 is 1.50 bits per heavy atom. The van der Waals surface area contributed by atoms with Crippen LogP contribution in [-0.2, 0) is 11.8 Å². The van der Waals surface area contributed by atoms with E-state index in [0.29, 0.717) is 0 Å². The van der Waals surface area contributed by atoms with Gasteiger partial charge in [0.15, 0.2) is 0 Å². The molecule has 18 heavy (non-hydrogen) atoms. The third-order valence-corrected chi connectivity index (χ3v) is 3.21. The van der Waals surface area contributed by atoms with Gasteiger partial charge >= 0.3 is 6.18 Å². The fourth-order valence-electron chi connectivity index (χ4n) is 1.76. The fourth-order valence-corrected chi connectivity index (χ4v) is 1.76. The maximum atomic E-state index is 12.9. The minimum atomic E-state index is -4.18. The Morgan fingerprint density at radius 3 is 1.94 bits per heavy atom. The average molecular weight is 258 g/mol. The molecule has 0 bridgehead atoms. The van der Waals surface area contributed by atoms with Crippen LogP contribution in [0.2, 0.25) is 0 Å². The number of hydrogen-bond donors (Lipinski definition) is 0. The van der Waals surface area contributed by atoms with Gasteiger partial charge in [-0.05, 0) is 23.0 Å². The summed E-state index contributed by atoms with van der Waals surface area (Å²) in [7, 11) is 0. The van der Waals surface area contributed by atoms with Crippen molar-refractivity contribution in [2.24, 2.45) is 5.41 Å². The molecule has 102 valence electrons. The molecule has 0 fully saturated rings. The summed E-state index contributed by atoms with van der Waals surface area (Å²) in [6.45, 7) is 8.66. The van der Waals surface area contributed by atoms with Crippen LogP contribution >= 0.6 is 0 Å². The van der Waals surface area contributed by atoms with Crippen molar-refractivity contribution >= 4 is 0 Å². The summed E-state index contributed by atoms with van der Waals surface area (Å²) in [5.74, 6) is 0. The van der Waals surface area contributed by atoms with Crippen molar-refractivity contribution in [2.75, 3.05) is 0 Å². The van der Waals surface area contributed by atoms with Crippen LogP contribution in [0.3, 0.4) is 0 Å². The van der Waals surface area contributed by atoms with Crippen molar-refractivity contribution in [1.82, 2.24) is 0 Å². The van der Waals surface area contributed by atoms with E-state index in [2.05, 4.69) is 20.8 Å². The fraction of sp³-hybridized carbons (Fsp3) is 0.600. The lowest BCUT2D eigenvalue weighted by Gasteiger charge is -2.28. The molecular weight excluding hydrogens is 237 g/mol. The van der Waals surface area contributed by atoms with Crippen LogP contribution in [0.25, 0.3) is 0 Å². The van der Waals surface area contributed by atoms with Crippen LogP contribution in [-0.4, -0.2) is 6.18 Å². The van der Waals surface area contributed by atoms with E-state index in [0.717, 1.165) is 11.1 Å². The highest BCUT2D eigenvalue weighted by Crippen LogP contribution is 2.40. The molecule has 3 heteroatoms. The van der Waals surface area contributed by atoms with E-state index in [9.17, 15) is 13.2 Å². The number of alkyl halides is 3. The second-order valence-corrected chi connectivity index (χ2v) is 6.51. The Bertz CT molecular complexity index is 408. The second-order valence-electron chi connectivity index (χ2n) is 6.51. The van der Waals surface area contributed by atoms with Gasteiger partial charge in [0.05, 0.1) is 5.41 Å². The number of rotatable bonds is 2. The zero-order chi connectivity index (χ0) is 14.2. The zero-order valence-electron chi connectivity index (χ0n) is 11.7. The van der Waals surface area contributed by atoms with E-state index in [4.69, 9.17) is 0 Å². The van der Waals surface area contributed by atoms with Crippen molar-refractivity contribution < 1.29 is 13.2 Å². The monoisotopic (exact) mass is 258 g/mol. The number of halogens is 3. The molecule has 0 heterocycles. The minimum absolute atomic E-state index is 0.0143. The van der Waals surface area contributed by atoms with Gasteiger partial charge in [0.1, 0.15) is 0 Å². The molecule has 0 aromatic heterocycles. The maximum Gasteiger partial charge on any atom is 0.394 e. The molecule has 0 aliphatic carbocycles. The highest BCUT2D eigenvalue weighted by Gasteiger charge is 2.46. The Kier molecular flexibility index (Phi) is 3.85. The quantitative estimate of drug-likeness (QED) is 0.691. The van der Waals surface area contributed by atoms with Gasteiger partial charge < -0.3 is 0 Å². The molecule has 0 nitrogen and oxygen atoms in total. The summed E-state index contributed by atoms with van der Waals surface area (Å²) < 4.78 is 38.6. The third kappa shape index (κ3) is 3.50. The van der Waals surface area contributed by atoms with Crippen molar-refractivity contribution in [3.8, 4) is 0 Å². The molecule has 1 aromatic carbocycles. The Hall–Kier alpha value is -0.990. The van der Waals surface area contributed by atoms with Crippen LogP contribution in [0.5, 0.6) is 0 Å². The van der Waals surface area contributed by atoms with E-state index >= 15 is 0 Å². The van der Waals surface area contributed by atoms with Gasteiger partial charge in [-0.3, -0.25) is 0 Å². The van der Waals surface area contributed by atoms with E-state index < -0.39 is 11.6 Å². The topological polar surface area (TPSA) is 0 Å². The van der Waals surface area contributed by atoms with Crippen LogP contribution < -0.4 is 0 Å². The molecule has 0 spiro atoms. The lowest BCUT2D eigenvalue weighted by molar-refractivity contribution is -0.211. The Balaban J connectivity index is 3.00. The molecule has 0 aliphatic rings. The van der Waals surface area contributed by atoms with E-state index in [1.165, 1.54) is 13.8 Å². The smallest absolute Gasteiger partial charge is 0.171 e. The van der Waals surface area contributed by atoms with Crippen molar-refractivity contribution in [3.05, 3.63) is 35.4 Å². The lowest BCUT2D eigenvalue weighted by atomic mass is 9.81. The first-order valence-electron chi connectivity index (χ1n) is 6.10. The van der Waals surface area contributed by atoms with E-state index in [1.807, 2.05) is 18.2 Å². The standard InChI is InChI=1S/C15H21F3/c1-13(2,3)12-8-6-7-11(9-12)10-14(4,5)15(16,17)18/h6-9H,10H2,1-5H3. The van der Waals surface area contributed by atoms with Crippen LogP contribution in [0.1, 0.15) is 45.7 Å². The zero-order valence-corrected chi connectivity index (χ0v) is 11.7. The van der Waals surface area contributed by atoms with Crippen LogP contribution in [0.4, 0.5) is 13.2 Å². The van der Waals surface area contributed by atoms with Gasteiger partial charge in [-0.1, -0.05) is 58.9 Å². The maximum absolute atomic E-state index is 12.9. The summed E-state index contributed by atoms with van der Waals surface area (Å²) in [5.41, 5.74) is 0.0738. The summed E-state index contributed by atoms with van der Waals surface area (Å²) in [6.07, 6.45) is -4.16. The molecule has 0 saturated carbocycles. The van der Waals surface area contributed by atoms with Gasteiger partial charge in [0.2, 0.25) is 0 Å². The van der Waals surface area contributed by atoms with Gasteiger partial charge in [0.25, 0.3) is 0 Å². The van der Waals surface area contributed by atoms with Crippen molar-refractivity contribution in [2.45, 2.75) is 52.6 Å². The first-order valence-corrected chi connectivity index (χ1v) is 6.10. The third-order valence-electron chi connectivity index (χ3n) is 3.21.